The van der Waals surface area contributed by atoms with Crippen molar-refractivity contribution >= 4 is 55.0 Å². The predicted molar refractivity (Wildman–Crippen MR) is 110 cm³/mol. The van der Waals surface area contributed by atoms with Crippen LogP contribution in [0.4, 0.5) is 11.4 Å². The number of methoxy groups -OCH3 is 1. The summed E-state index contributed by atoms with van der Waals surface area (Å²) in [5, 5.41) is 2.46. The van der Waals surface area contributed by atoms with Gasteiger partial charge in [0.25, 0.3) is 0 Å². The van der Waals surface area contributed by atoms with Crippen LogP contribution < -0.4 is 14.8 Å². The van der Waals surface area contributed by atoms with Gasteiger partial charge < -0.3 is 10.1 Å². The Kier molecular flexibility index (Phi) is 6.96. The molecule has 0 aliphatic rings. The lowest BCUT2D eigenvalue weighted by Crippen LogP contribution is -2.22. The third kappa shape index (κ3) is 6.22. The first-order chi connectivity index (χ1) is 12.2. The smallest absolute Gasteiger partial charge is 0.237 e. The zero-order valence-corrected chi connectivity index (χ0v) is 17.7. The van der Waals surface area contributed by atoms with Gasteiger partial charge in [-0.05, 0) is 49.4 Å². The van der Waals surface area contributed by atoms with Crippen LogP contribution in [0.1, 0.15) is 6.92 Å². The Bertz CT molecular complexity index is 886. The highest BCUT2D eigenvalue weighted by Gasteiger charge is 2.16. The molecule has 0 saturated carbocycles. The number of rotatable bonds is 7. The molecule has 2 aromatic carbocycles. The molecule has 0 fully saturated rings. The highest BCUT2D eigenvalue weighted by molar-refractivity contribution is 9.10. The van der Waals surface area contributed by atoms with E-state index >= 15 is 0 Å². The van der Waals surface area contributed by atoms with Gasteiger partial charge >= 0.3 is 0 Å². The summed E-state index contributed by atoms with van der Waals surface area (Å²) in [6.07, 6.45) is 1.05. The summed E-state index contributed by atoms with van der Waals surface area (Å²) in [5.74, 6) is 0.180. The highest BCUT2D eigenvalue weighted by atomic mass is 79.9. The standard InChI is InChI=1S/C17H19BrN2O4S2/c1-11(25-14-7-4-12(18)5-8-14)17(21)19-13-6-9-16(24-2)15(10-13)20-26(3,22)23/h4-11,20H,1-3H3,(H,19,21). The van der Waals surface area contributed by atoms with Crippen molar-refractivity contribution in [3.05, 3.63) is 46.9 Å². The molecule has 9 heteroatoms. The van der Waals surface area contributed by atoms with Gasteiger partial charge in [-0.3, -0.25) is 9.52 Å². The lowest BCUT2D eigenvalue weighted by molar-refractivity contribution is -0.115. The predicted octanol–water partition coefficient (Wildman–Crippen LogP) is 3.95. The molecule has 0 saturated heterocycles. The summed E-state index contributed by atoms with van der Waals surface area (Å²) >= 11 is 4.81. The van der Waals surface area contributed by atoms with E-state index in [4.69, 9.17) is 4.74 Å². The number of carbonyl (C=O) groups is 1. The number of anilines is 2. The van der Waals surface area contributed by atoms with Crippen molar-refractivity contribution in [1.82, 2.24) is 0 Å². The van der Waals surface area contributed by atoms with Gasteiger partial charge in [0, 0.05) is 15.1 Å². The fourth-order valence-electron chi connectivity index (χ4n) is 2.08. The molecule has 0 radical (unpaired) electrons. The number of thioether (sulfide) groups is 1. The largest absolute Gasteiger partial charge is 0.495 e. The minimum Gasteiger partial charge on any atom is -0.495 e. The molecule has 0 bridgehead atoms. The van der Waals surface area contributed by atoms with Gasteiger partial charge in [-0.25, -0.2) is 8.42 Å². The van der Waals surface area contributed by atoms with Crippen LogP contribution in [0.3, 0.4) is 0 Å². The Balaban J connectivity index is 2.10. The molecule has 2 N–H and O–H groups in total. The maximum absolute atomic E-state index is 12.4. The fraction of sp³-hybridized carbons (Fsp3) is 0.235. The Morgan fingerprint density at radius 3 is 2.42 bits per heavy atom. The summed E-state index contributed by atoms with van der Waals surface area (Å²) in [7, 11) is -2.02. The number of sulfonamides is 1. The Labute approximate surface area is 165 Å². The molecule has 1 amide bonds. The number of hydrogen-bond donors (Lipinski definition) is 2. The van der Waals surface area contributed by atoms with Crippen molar-refractivity contribution in [3.8, 4) is 5.75 Å². The van der Waals surface area contributed by atoms with Gasteiger partial charge in [0.2, 0.25) is 15.9 Å². The lowest BCUT2D eigenvalue weighted by atomic mass is 10.2. The molecule has 0 aliphatic carbocycles. The fourth-order valence-corrected chi connectivity index (χ4v) is 3.77. The normalized spacial score (nSPS) is 12.3. The number of nitrogens with one attached hydrogen (secondary N) is 2. The van der Waals surface area contributed by atoms with Crippen molar-refractivity contribution in [1.29, 1.82) is 0 Å². The van der Waals surface area contributed by atoms with E-state index in [1.165, 1.54) is 24.9 Å². The van der Waals surface area contributed by atoms with Crippen LogP contribution in [-0.2, 0) is 14.8 Å². The Hall–Kier alpha value is -1.71. The van der Waals surface area contributed by atoms with Gasteiger partial charge in [0.1, 0.15) is 5.75 Å². The highest BCUT2D eigenvalue weighted by Crippen LogP contribution is 2.30. The van der Waals surface area contributed by atoms with E-state index in [9.17, 15) is 13.2 Å². The van der Waals surface area contributed by atoms with E-state index in [1.807, 2.05) is 24.3 Å². The number of benzene rings is 2. The molecular formula is C17H19BrN2O4S2. The van der Waals surface area contributed by atoms with Crippen LogP contribution in [0.5, 0.6) is 5.75 Å². The van der Waals surface area contributed by atoms with Gasteiger partial charge in [0.15, 0.2) is 0 Å². The average Bonchev–Trinajstić information content (AvgIpc) is 2.55. The molecule has 140 valence electrons. The molecule has 26 heavy (non-hydrogen) atoms. The summed E-state index contributed by atoms with van der Waals surface area (Å²) in [6.45, 7) is 1.81. The third-order valence-electron chi connectivity index (χ3n) is 3.26. The topological polar surface area (TPSA) is 84.5 Å². The van der Waals surface area contributed by atoms with Crippen molar-refractivity contribution < 1.29 is 17.9 Å². The van der Waals surface area contributed by atoms with E-state index < -0.39 is 10.0 Å². The van der Waals surface area contributed by atoms with Gasteiger partial charge in [-0.1, -0.05) is 15.9 Å². The van der Waals surface area contributed by atoms with E-state index in [0.29, 0.717) is 11.4 Å². The van der Waals surface area contributed by atoms with Crippen molar-refractivity contribution in [2.45, 2.75) is 17.1 Å². The van der Waals surface area contributed by atoms with Crippen LogP contribution in [-0.4, -0.2) is 32.9 Å². The molecule has 0 aromatic heterocycles. The zero-order valence-electron chi connectivity index (χ0n) is 14.4. The quantitative estimate of drug-likeness (QED) is 0.613. The summed E-state index contributed by atoms with van der Waals surface area (Å²) < 4.78 is 31.4. The van der Waals surface area contributed by atoms with E-state index in [2.05, 4.69) is 26.0 Å². The average molecular weight is 459 g/mol. The monoisotopic (exact) mass is 458 g/mol. The van der Waals surface area contributed by atoms with Crippen molar-refractivity contribution in [3.63, 3.8) is 0 Å². The SMILES string of the molecule is COc1ccc(NC(=O)C(C)Sc2ccc(Br)cc2)cc1NS(C)(=O)=O. The van der Waals surface area contributed by atoms with Crippen molar-refractivity contribution in [2.75, 3.05) is 23.4 Å². The summed E-state index contributed by atoms with van der Waals surface area (Å²) in [5.41, 5.74) is 0.742. The van der Waals surface area contributed by atoms with Gasteiger partial charge in [-0.15, -0.1) is 11.8 Å². The number of hydrogen-bond acceptors (Lipinski definition) is 5. The molecule has 0 aliphatic heterocycles. The number of ether oxygens (including phenoxy) is 1. The Morgan fingerprint density at radius 1 is 1.19 bits per heavy atom. The minimum absolute atomic E-state index is 0.187. The summed E-state index contributed by atoms with van der Waals surface area (Å²) in [4.78, 5) is 13.4. The molecule has 2 aromatic rings. The van der Waals surface area contributed by atoms with Crippen LogP contribution >= 0.6 is 27.7 Å². The van der Waals surface area contributed by atoms with E-state index in [1.54, 1.807) is 19.1 Å². The third-order valence-corrected chi connectivity index (χ3v) is 5.49. The maximum Gasteiger partial charge on any atom is 0.237 e. The van der Waals surface area contributed by atoms with Gasteiger partial charge in [0.05, 0.1) is 24.3 Å². The summed E-state index contributed by atoms with van der Waals surface area (Å²) in [6, 6.07) is 12.5. The van der Waals surface area contributed by atoms with Crippen LogP contribution in [0.2, 0.25) is 0 Å². The lowest BCUT2D eigenvalue weighted by Gasteiger charge is -2.15. The number of amides is 1. The second-order valence-electron chi connectivity index (χ2n) is 5.49. The number of halogens is 1. The molecule has 0 heterocycles. The second-order valence-corrected chi connectivity index (χ2v) is 9.57. The molecule has 2 rings (SSSR count). The first-order valence-electron chi connectivity index (χ1n) is 7.57. The molecule has 0 spiro atoms. The van der Waals surface area contributed by atoms with Crippen LogP contribution in [0.25, 0.3) is 0 Å². The molecule has 1 unspecified atom stereocenters. The molecule has 6 nitrogen and oxygen atoms in total. The number of carbonyl (C=O) groups excluding carboxylic acids is 1. The maximum atomic E-state index is 12.4. The zero-order chi connectivity index (χ0) is 19.3. The Morgan fingerprint density at radius 2 is 1.85 bits per heavy atom. The van der Waals surface area contributed by atoms with Gasteiger partial charge in [-0.2, -0.15) is 0 Å². The van der Waals surface area contributed by atoms with E-state index in [0.717, 1.165) is 15.6 Å². The first kappa shape index (κ1) is 20.6. The second kappa shape index (κ2) is 8.79. The molecular weight excluding hydrogens is 440 g/mol. The van der Waals surface area contributed by atoms with Crippen molar-refractivity contribution in [2.24, 2.45) is 0 Å². The van der Waals surface area contributed by atoms with E-state index in [-0.39, 0.29) is 16.8 Å². The van der Waals surface area contributed by atoms with Crippen LogP contribution in [0, 0.1) is 0 Å². The molecule has 1 atom stereocenters. The minimum atomic E-state index is -3.47. The first-order valence-corrected chi connectivity index (χ1v) is 11.1. The van der Waals surface area contributed by atoms with Crippen LogP contribution in [0.15, 0.2) is 51.8 Å².